The van der Waals surface area contributed by atoms with Crippen molar-refractivity contribution < 1.29 is 9.13 Å². The van der Waals surface area contributed by atoms with Gasteiger partial charge in [-0.2, -0.15) is 10.1 Å². The van der Waals surface area contributed by atoms with Gasteiger partial charge in [0, 0.05) is 20.6 Å². The Morgan fingerprint density at radius 3 is 3.11 bits per heavy atom. The van der Waals surface area contributed by atoms with E-state index >= 15 is 0 Å². The third kappa shape index (κ3) is 2.27. The van der Waals surface area contributed by atoms with Gasteiger partial charge in [0.25, 0.3) is 11.6 Å². The molecule has 0 aromatic carbocycles. The van der Waals surface area contributed by atoms with Crippen LogP contribution in [0.1, 0.15) is 19.3 Å². The van der Waals surface area contributed by atoms with Crippen molar-refractivity contribution in [3.8, 4) is 6.01 Å². The van der Waals surface area contributed by atoms with Crippen molar-refractivity contribution >= 4 is 22.1 Å². The Bertz CT molecular complexity index is 1140. The summed E-state index contributed by atoms with van der Waals surface area (Å²) < 4.78 is 22.5. The monoisotopic (exact) mass is 372 g/mol. The summed E-state index contributed by atoms with van der Waals surface area (Å²) in [6.45, 7) is 1.98. The van der Waals surface area contributed by atoms with E-state index in [-0.39, 0.29) is 17.1 Å². The molecule has 9 heteroatoms. The third-order valence-corrected chi connectivity index (χ3v) is 6.04. The van der Waals surface area contributed by atoms with Crippen LogP contribution in [0.4, 0.5) is 4.39 Å². The lowest BCUT2D eigenvalue weighted by molar-refractivity contribution is 0.107. The number of aromatic nitrogens is 5. The number of rotatable bonds is 3. The molecule has 8 nitrogen and oxygen atoms in total. The molecule has 2 saturated heterocycles. The van der Waals surface area contributed by atoms with Gasteiger partial charge in [-0.1, -0.05) is 0 Å². The van der Waals surface area contributed by atoms with Crippen LogP contribution >= 0.6 is 0 Å². The maximum absolute atomic E-state index is 13.0. The highest BCUT2D eigenvalue weighted by Gasteiger charge is 2.47. The van der Waals surface area contributed by atoms with Gasteiger partial charge in [-0.3, -0.25) is 19.4 Å². The average Bonchev–Trinajstić information content (AvgIpc) is 3.36. The first-order chi connectivity index (χ1) is 13.0. The van der Waals surface area contributed by atoms with Gasteiger partial charge in [-0.15, -0.1) is 0 Å². The largest absolute Gasteiger partial charge is 0.463 e. The number of hydrogen-bond donors (Lipinski definition) is 1. The maximum Gasteiger partial charge on any atom is 0.298 e. The van der Waals surface area contributed by atoms with Gasteiger partial charge in [-0.25, -0.2) is 4.39 Å². The van der Waals surface area contributed by atoms with E-state index in [4.69, 9.17) is 4.74 Å². The number of aryl methyl sites for hydroxylation is 2. The molecular weight excluding hydrogens is 351 g/mol. The third-order valence-electron chi connectivity index (χ3n) is 6.04. The summed E-state index contributed by atoms with van der Waals surface area (Å²) in [5.41, 5.74) is 2.51. The summed E-state index contributed by atoms with van der Waals surface area (Å²) in [5.74, 6) is 0. The second-order valence-corrected chi connectivity index (χ2v) is 7.61. The summed E-state index contributed by atoms with van der Waals surface area (Å²) in [7, 11) is 3.66. The van der Waals surface area contributed by atoms with Crippen LogP contribution in [0.3, 0.4) is 0 Å². The number of halogens is 1. The summed E-state index contributed by atoms with van der Waals surface area (Å²) in [6, 6.07) is 0.199. The van der Waals surface area contributed by atoms with Crippen molar-refractivity contribution in [3.05, 3.63) is 28.5 Å². The Morgan fingerprint density at radius 1 is 1.44 bits per heavy atom. The molecule has 0 bridgehead atoms. The highest BCUT2D eigenvalue weighted by Crippen LogP contribution is 2.41. The van der Waals surface area contributed by atoms with Crippen molar-refractivity contribution in [3.63, 3.8) is 0 Å². The van der Waals surface area contributed by atoms with Crippen molar-refractivity contribution in [2.24, 2.45) is 14.1 Å². The van der Waals surface area contributed by atoms with Gasteiger partial charge < -0.3 is 9.30 Å². The Labute approximate surface area is 154 Å². The van der Waals surface area contributed by atoms with E-state index in [0.717, 1.165) is 42.3 Å². The second kappa shape index (κ2) is 5.66. The van der Waals surface area contributed by atoms with Gasteiger partial charge in [-0.05, 0) is 31.4 Å². The predicted octanol–water partition coefficient (Wildman–Crippen LogP) is 1.62. The zero-order chi connectivity index (χ0) is 18.8. The molecule has 2 aliphatic heterocycles. The minimum absolute atomic E-state index is 0.199. The molecule has 2 aliphatic rings. The summed E-state index contributed by atoms with van der Waals surface area (Å²) >= 11 is 0. The first-order valence-electron chi connectivity index (χ1n) is 9.09. The molecular formula is C18H21FN6O2. The molecule has 0 aliphatic carbocycles. The molecule has 2 fully saturated rings. The number of ether oxygens (including phenoxy) is 1. The quantitative estimate of drug-likeness (QED) is 0.756. The molecule has 0 amide bonds. The van der Waals surface area contributed by atoms with E-state index in [0.29, 0.717) is 30.6 Å². The lowest BCUT2D eigenvalue weighted by Crippen LogP contribution is -2.43. The van der Waals surface area contributed by atoms with Crippen LogP contribution in [0.5, 0.6) is 6.01 Å². The molecule has 5 rings (SSSR count). The molecule has 1 N–H and O–H groups in total. The first-order valence-corrected chi connectivity index (χ1v) is 9.09. The van der Waals surface area contributed by atoms with E-state index in [2.05, 4.69) is 20.0 Å². The van der Waals surface area contributed by atoms with Crippen LogP contribution in [-0.2, 0) is 14.1 Å². The molecule has 3 aromatic heterocycles. The van der Waals surface area contributed by atoms with Crippen LogP contribution in [0.25, 0.3) is 22.1 Å². The van der Waals surface area contributed by atoms with Crippen LogP contribution in [-0.4, -0.2) is 54.5 Å². The van der Waals surface area contributed by atoms with Gasteiger partial charge >= 0.3 is 0 Å². The number of fused-ring (bicyclic) bond motifs is 4. The Balaban J connectivity index is 1.50. The maximum atomic E-state index is 13.0. The fourth-order valence-electron chi connectivity index (χ4n) is 4.70. The highest BCUT2D eigenvalue weighted by atomic mass is 19.1. The lowest BCUT2D eigenvalue weighted by Gasteiger charge is -2.30. The molecule has 0 saturated carbocycles. The fourth-order valence-corrected chi connectivity index (χ4v) is 4.70. The first kappa shape index (κ1) is 16.5. The van der Waals surface area contributed by atoms with Crippen molar-refractivity contribution in [1.29, 1.82) is 0 Å². The topological polar surface area (TPSA) is 81.0 Å². The summed E-state index contributed by atoms with van der Waals surface area (Å²) in [5, 5.41) is 4.72. The highest BCUT2D eigenvalue weighted by molar-refractivity contribution is 6.03. The average molecular weight is 372 g/mol. The molecule has 3 aromatic rings. The molecule has 142 valence electrons. The number of aromatic amines is 1. The van der Waals surface area contributed by atoms with Crippen LogP contribution in [0, 0.1) is 0 Å². The van der Waals surface area contributed by atoms with E-state index < -0.39 is 0 Å². The van der Waals surface area contributed by atoms with E-state index in [1.54, 1.807) is 17.9 Å². The van der Waals surface area contributed by atoms with Gasteiger partial charge in [0.1, 0.15) is 17.5 Å². The zero-order valence-corrected chi connectivity index (χ0v) is 15.3. The Kier molecular flexibility index (Phi) is 3.45. The zero-order valence-electron chi connectivity index (χ0n) is 15.3. The molecule has 27 heavy (non-hydrogen) atoms. The molecule has 0 radical (unpaired) electrons. The van der Waals surface area contributed by atoms with Gasteiger partial charge in [0.15, 0.2) is 5.65 Å². The Morgan fingerprint density at radius 2 is 2.30 bits per heavy atom. The van der Waals surface area contributed by atoms with E-state index in [9.17, 15) is 9.18 Å². The fraction of sp³-hybridized carbons (Fsp3) is 0.500. The predicted molar refractivity (Wildman–Crippen MR) is 98.4 cm³/mol. The minimum Gasteiger partial charge on any atom is -0.463 e. The SMILES string of the molecule is Cn1ncc2c1c1c(=O)[nH]c(OCC34CCCN3CC(=CF)C4)nc1n2C. The van der Waals surface area contributed by atoms with E-state index in [1.807, 2.05) is 11.6 Å². The second-order valence-electron chi connectivity index (χ2n) is 7.61. The number of nitrogens with zero attached hydrogens (tertiary/aromatic N) is 5. The van der Waals surface area contributed by atoms with Gasteiger partial charge in [0.2, 0.25) is 0 Å². The Hall–Kier alpha value is -2.68. The standard InChI is InChI=1S/C18H21FN6O2/c1-23-12-8-20-24(2)14(12)13-15(23)21-17(22-16(13)26)27-10-18-4-3-5-25(18)9-11(6-18)7-19/h7-8H,3-6,9-10H2,1-2H3,(H,21,22,26). The number of hydrogen-bond acceptors (Lipinski definition) is 5. The van der Waals surface area contributed by atoms with Crippen molar-refractivity contribution in [2.75, 3.05) is 19.7 Å². The number of H-pyrrole nitrogens is 1. The van der Waals surface area contributed by atoms with E-state index in [1.165, 1.54) is 0 Å². The van der Waals surface area contributed by atoms with Crippen LogP contribution < -0.4 is 10.3 Å². The molecule has 1 unspecified atom stereocenters. The van der Waals surface area contributed by atoms with Crippen molar-refractivity contribution in [2.45, 2.75) is 24.8 Å². The normalized spacial score (nSPS) is 24.5. The number of nitrogens with one attached hydrogen (secondary N) is 1. The summed E-state index contributed by atoms with van der Waals surface area (Å²) in [6.07, 6.45) is 5.12. The lowest BCUT2D eigenvalue weighted by atomic mass is 9.94. The minimum atomic E-state index is -0.249. The molecule has 1 atom stereocenters. The van der Waals surface area contributed by atoms with Gasteiger partial charge in [0.05, 0.1) is 23.6 Å². The van der Waals surface area contributed by atoms with Crippen LogP contribution in [0.15, 0.2) is 22.9 Å². The molecule has 5 heterocycles. The van der Waals surface area contributed by atoms with Crippen LogP contribution in [0.2, 0.25) is 0 Å². The summed E-state index contributed by atoms with van der Waals surface area (Å²) in [4.78, 5) is 22.3. The smallest absolute Gasteiger partial charge is 0.298 e. The van der Waals surface area contributed by atoms with Crippen molar-refractivity contribution in [1.82, 2.24) is 29.2 Å². The molecule has 0 spiro atoms.